The molecule has 4 atom stereocenters. The zero-order valence-corrected chi connectivity index (χ0v) is 18.9. The molecule has 1 aromatic rings. The minimum absolute atomic E-state index is 0.0104. The van der Waals surface area contributed by atoms with Crippen LogP contribution in [0.1, 0.15) is 84.4 Å². The lowest BCUT2D eigenvalue weighted by Crippen LogP contribution is -2.39. The standard InChI is InChI=1S/C24H36N4O2/c1-5-27(6-2)24(29)19(4)23-15-14-22(30-23)16-18(3)28-17-21(25-26-28)13-12-20-10-8-7-9-11-20/h10,17-19,22-23H,5-9,11,14-16H2,1-4H3/t18-,19-,22+,23-/m1/s1. The highest BCUT2D eigenvalue weighted by Gasteiger charge is 2.35. The first-order chi connectivity index (χ1) is 14.5. The molecule has 0 radical (unpaired) electrons. The van der Waals surface area contributed by atoms with Crippen LogP contribution in [-0.4, -0.2) is 51.1 Å². The summed E-state index contributed by atoms with van der Waals surface area (Å²) in [4.78, 5) is 14.5. The number of carbonyl (C=O) groups is 1. The van der Waals surface area contributed by atoms with E-state index >= 15 is 0 Å². The predicted octanol–water partition coefficient (Wildman–Crippen LogP) is 4.13. The minimum atomic E-state index is -0.0902. The van der Waals surface area contributed by atoms with Crippen LogP contribution in [0, 0.1) is 17.8 Å². The Bertz CT molecular complexity index is 800. The largest absolute Gasteiger partial charge is 0.374 e. The van der Waals surface area contributed by atoms with Gasteiger partial charge < -0.3 is 9.64 Å². The summed E-state index contributed by atoms with van der Waals surface area (Å²) in [5.74, 6) is 6.51. The van der Waals surface area contributed by atoms with Crippen LogP contribution in [0.3, 0.4) is 0 Å². The SMILES string of the molecule is CCN(CC)C(=O)[C@H](C)[C@H]1CC[C@@H](C[C@@H](C)n2cc(C#CC3=CCCCC3)nn2)O1. The molecule has 1 aliphatic carbocycles. The molecule has 0 N–H and O–H groups in total. The summed E-state index contributed by atoms with van der Waals surface area (Å²) in [6.45, 7) is 9.69. The third-order valence-electron chi connectivity index (χ3n) is 6.37. The Kier molecular flexibility index (Phi) is 8.09. The van der Waals surface area contributed by atoms with E-state index in [2.05, 4.69) is 35.2 Å². The van der Waals surface area contributed by atoms with Crippen LogP contribution in [0.5, 0.6) is 0 Å². The molecule has 1 aromatic heterocycles. The van der Waals surface area contributed by atoms with E-state index in [-0.39, 0.29) is 30.1 Å². The number of hydrogen-bond donors (Lipinski definition) is 0. The van der Waals surface area contributed by atoms with E-state index in [1.165, 1.54) is 18.4 Å². The summed E-state index contributed by atoms with van der Waals surface area (Å²) < 4.78 is 8.15. The molecule has 1 saturated heterocycles. The quantitative estimate of drug-likeness (QED) is 0.632. The van der Waals surface area contributed by atoms with E-state index in [4.69, 9.17) is 4.74 Å². The van der Waals surface area contributed by atoms with Crippen LogP contribution >= 0.6 is 0 Å². The van der Waals surface area contributed by atoms with Crippen LogP contribution in [0.25, 0.3) is 0 Å². The average molecular weight is 413 g/mol. The number of ether oxygens (including phenoxy) is 1. The second-order valence-electron chi connectivity index (χ2n) is 8.57. The summed E-state index contributed by atoms with van der Waals surface area (Å²) in [7, 11) is 0. The van der Waals surface area contributed by atoms with Gasteiger partial charge in [0.15, 0.2) is 5.69 Å². The maximum absolute atomic E-state index is 12.6. The van der Waals surface area contributed by atoms with Gasteiger partial charge in [-0.3, -0.25) is 4.79 Å². The fourth-order valence-electron chi connectivity index (χ4n) is 4.39. The molecule has 6 heteroatoms. The first kappa shape index (κ1) is 22.6. The Morgan fingerprint density at radius 3 is 2.77 bits per heavy atom. The molecule has 3 rings (SSSR count). The predicted molar refractivity (Wildman–Crippen MR) is 118 cm³/mol. The Morgan fingerprint density at radius 2 is 2.07 bits per heavy atom. The van der Waals surface area contributed by atoms with Gasteiger partial charge in [-0.2, -0.15) is 0 Å². The molecule has 0 unspecified atom stereocenters. The molecule has 30 heavy (non-hydrogen) atoms. The van der Waals surface area contributed by atoms with E-state index in [9.17, 15) is 4.79 Å². The molecule has 0 aromatic carbocycles. The molecule has 6 nitrogen and oxygen atoms in total. The van der Waals surface area contributed by atoms with E-state index < -0.39 is 0 Å². The van der Waals surface area contributed by atoms with Gasteiger partial charge in [-0.1, -0.05) is 24.1 Å². The van der Waals surface area contributed by atoms with Gasteiger partial charge in [0, 0.05) is 13.1 Å². The minimum Gasteiger partial charge on any atom is -0.374 e. The van der Waals surface area contributed by atoms with Gasteiger partial charge in [0.1, 0.15) is 0 Å². The number of nitrogens with zero attached hydrogens (tertiary/aromatic N) is 4. The third kappa shape index (κ3) is 5.72. The van der Waals surface area contributed by atoms with Crippen LogP contribution in [-0.2, 0) is 9.53 Å². The zero-order chi connectivity index (χ0) is 21.5. The van der Waals surface area contributed by atoms with Crippen LogP contribution in [0.2, 0.25) is 0 Å². The molecule has 164 valence electrons. The number of hydrogen-bond acceptors (Lipinski definition) is 4. The Balaban J connectivity index is 1.51. The van der Waals surface area contributed by atoms with Crippen molar-refractivity contribution in [3.05, 3.63) is 23.5 Å². The van der Waals surface area contributed by atoms with Crippen molar-refractivity contribution >= 4 is 5.91 Å². The summed E-state index contributed by atoms with van der Waals surface area (Å²) in [6.07, 6.45) is 11.8. The molecule has 2 heterocycles. The third-order valence-corrected chi connectivity index (χ3v) is 6.37. The molecule has 1 fully saturated rings. The van der Waals surface area contributed by atoms with Crippen molar-refractivity contribution in [2.75, 3.05) is 13.1 Å². The molecule has 0 spiro atoms. The molecule has 0 saturated carbocycles. The lowest BCUT2D eigenvalue weighted by Gasteiger charge is -2.26. The van der Waals surface area contributed by atoms with Crippen molar-refractivity contribution in [3.8, 4) is 11.8 Å². The number of aromatic nitrogens is 3. The zero-order valence-electron chi connectivity index (χ0n) is 18.9. The van der Waals surface area contributed by atoms with Gasteiger partial charge in [0.2, 0.25) is 5.91 Å². The summed E-state index contributed by atoms with van der Waals surface area (Å²) in [5.41, 5.74) is 1.94. The Morgan fingerprint density at radius 1 is 1.27 bits per heavy atom. The van der Waals surface area contributed by atoms with Crippen LogP contribution in [0.15, 0.2) is 17.8 Å². The van der Waals surface area contributed by atoms with E-state index in [1.54, 1.807) is 0 Å². The molecule has 1 amide bonds. The van der Waals surface area contributed by atoms with Crippen molar-refractivity contribution in [3.63, 3.8) is 0 Å². The van der Waals surface area contributed by atoms with Gasteiger partial charge >= 0.3 is 0 Å². The van der Waals surface area contributed by atoms with E-state index in [0.29, 0.717) is 0 Å². The summed E-state index contributed by atoms with van der Waals surface area (Å²) >= 11 is 0. The summed E-state index contributed by atoms with van der Waals surface area (Å²) in [6, 6.07) is 0.180. The molecule has 1 aliphatic heterocycles. The van der Waals surface area contributed by atoms with Crippen molar-refractivity contribution in [1.29, 1.82) is 0 Å². The lowest BCUT2D eigenvalue weighted by atomic mass is 9.99. The number of allylic oxidation sites excluding steroid dienone is 2. The fourth-order valence-corrected chi connectivity index (χ4v) is 4.39. The molecular weight excluding hydrogens is 376 g/mol. The fraction of sp³-hybridized carbons (Fsp3) is 0.708. The maximum Gasteiger partial charge on any atom is 0.228 e. The van der Waals surface area contributed by atoms with Crippen LogP contribution < -0.4 is 0 Å². The highest BCUT2D eigenvalue weighted by molar-refractivity contribution is 5.79. The average Bonchev–Trinajstić information content (AvgIpc) is 3.43. The topological polar surface area (TPSA) is 60.2 Å². The lowest BCUT2D eigenvalue weighted by molar-refractivity contribution is -0.139. The van der Waals surface area contributed by atoms with Gasteiger partial charge in [-0.25, -0.2) is 4.68 Å². The summed E-state index contributed by atoms with van der Waals surface area (Å²) in [5, 5.41) is 8.50. The highest BCUT2D eigenvalue weighted by Crippen LogP contribution is 2.31. The van der Waals surface area contributed by atoms with Gasteiger partial charge in [-0.15, -0.1) is 5.10 Å². The van der Waals surface area contributed by atoms with Crippen molar-refractivity contribution in [2.45, 2.75) is 90.9 Å². The molecule has 0 bridgehead atoms. The first-order valence-electron chi connectivity index (χ1n) is 11.6. The second kappa shape index (κ2) is 10.8. The van der Waals surface area contributed by atoms with Gasteiger partial charge in [0.05, 0.1) is 30.4 Å². The first-order valence-corrected chi connectivity index (χ1v) is 11.6. The maximum atomic E-state index is 12.6. The normalized spacial score (nSPS) is 23.3. The smallest absolute Gasteiger partial charge is 0.228 e. The number of rotatable bonds is 7. The molecular formula is C24H36N4O2. The Labute approximate surface area is 181 Å². The Hall–Kier alpha value is -2.13. The monoisotopic (exact) mass is 412 g/mol. The van der Waals surface area contributed by atoms with Crippen molar-refractivity contribution < 1.29 is 9.53 Å². The number of amides is 1. The second-order valence-corrected chi connectivity index (χ2v) is 8.57. The number of carbonyl (C=O) groups excluding carboxylic acids is 1. The van der Waals surface area contributed by atoms with Crippen LogP contribution in [0.4, 0.5) is 0 Å². The van der Waals surface area contributed by atoms with E-state index in [1.807, 2.05) is 36.5 Å². The van der Waals surface area contributed by atoms with Gasteiger partial charge in [0.25, 0.3) is 0 Å². The molecule has 2 aliphatic rings. The van der Waals surface area contributed by atoms with Crippen molar-refractivity contribution in [2.24, 2.45) is 5.92 Å². The highest BCUT2D eigenvalue weighted by atomic mass is 16.5. The van der Waals surface area contributed by atoms with Gasteiger partial charge in [-0.05, 0) is 77.2 Å². The van der Waals surface area contributed by atoms with Crippen molar-refractivity contribution in [1.82, 2.24) is 19.9 Å². The van der Waals surface area contributed by atoms with E-state index in [0.717, 1.165) is 50.9 Å².